The maximum Gasteiger partial charge on any atom is 0.308 e. The van der Waals surface area contributed by atoms with Crippen molar-refractivity contribution in [1.82, 2.24) is 9.62 Å². The van der Waals surface area contributed by atoms with Crippen LogP contribution < -0.4 is 5.32 Å². The number of sulfonamides is 1. The third kappa shape index (κ3) is 5.72. The molecule has 1 unspecified atom stereocenters. The molecule has 1 saturated heterocycles. The van der Waals surface area contributed by atoms with Gasteiger partial charge in [0.05, 0.1) is 19.1 Å². The maximum absolute atomic E-state index is 14.0. The Balaban J connectivity index is 1.64. The lowest BCUT2D eigenvalue weighted by atomic mass is 9.95. The lowest BCUT2D eigenvalue weighted by Crippen LogP contribution is -2.44. The van der Waals surface area contributed by atoms with Crippen LogP contribution in [0.4, 0.5) is 4.39 Å². The monoisotopic (exact) mass is 462 g/mol. The van der Waals surface area contributed by atoms with E-state index < -0.39 is 33.8 Å². The number of hydrogen-bond donors (Lipinski definition) is 1. The molecule has 1 aliphatic rings. The summed E-state index contributed by atoms with van der Waals surface area (Å²) < 4.78 is 45.8. The summed E-state index contributed by atoms with van der Waals surface area (Å²) in [5.74, 6) is -1.86. The van der Waals surface area contributed by atoms with Gasteiger partial charge in [0, 0.05) is 19.0 Å². The van der Waals surface area contributed by atoms with Gasteiger partial charge in [-0.2, -0.15) is 4.31 Å². The molecule has 32 heavy (non-hydrogen) atoms. The SMILES string of the molecule is CCOC(=O)CC(NC(=O)C1CCN(S(=O)(=O)c2ccccc2F)CC1)c1ccccc1. The molecule has 1 fully saturated rings. The maximum atomic E-state index is 14.0. The molecule has 2 aromatic carbocycles. The molecule has 1 aliphatic heterocycles. The van der Waals surface area contributed by atoms with Crippen LogP contribution in [-0.4, -0.2) is 44.3 Å². The van der Waals surface area contributed by atoms with E-state index in [1.165, 1.54) is 22.5 Å². The molecular weight excluding hydrogens is 435 g/mol. The number of esters is 1. The minimum Gasteiger partial charge on any atom is -0.466 e. The molecule has 172 valence electrons. The van der Waals surface area contributed by atoms with Gasteiger partial charge in [0.2, 0.25) is 15.9 Å². The molecule has 0 radical (unpaired) electrons. The van der Waals surface area contributed by atoms with E-state index in [9.17, 15) is 22.4 Å². The molecule has 1 amide bonds. The van der Waals surface area contributed by atoms with Gasteiger partial charge in [0.15, 0.2) is 0 Å². The molecule has 0 spiro atoms. The summed E-state index contributed by atoms with van der Waals surface area (Å²) in [6, 6.07) is 13.9. The van der Waals surface area contributed by atoms with Crippen molar-refractivity contribution in [2.24, 2.45) is 5.92 Å². The molecule has 3 rings (SSSR count). The van der Waals surface area contributed by atoms with E-state index >= 15 is 0 Å². The van der Waals surface area contributed by atoms with Crippen molar-refractivity contribution in [3.8, 4) is 0 Å². The number of rotatable bonds is 8. The molecule has 0 aromatic heterocycles. The van der Waals surface area contributed by atoms with E-state index in [0.29, 0.717) is 12.8 Å². The largest absolute Gasteiger partial charge is 0.466 e. The molecule has 1 atom stereocenters. The predicted molar refractivity (Wildman–Crippen MR) is 116 cm³/mol. The van der Waals surface area contributed by atoms with E-state index in [-0.39, 0.29) is 36.9 Å². The van der Waals surface area contributed by atoms with Crippen LogP contribution in [0.2, 0.25) is 0 Å². The van der Waals surface area contributed by atoms with Crippen LogP contribution in [0.5, 0.6) is 0 Å². The number of carbonyl (C=O) groups is 2. The quantitative estimate of drug-likeness (QED) is 0.609. The van der Waals surface area contributed by atoms with E-state index in [2.05, 4.69) is 5.32 Å². The van der Waals surface area contributed by atoms with Crippen LogP contribution in [0.25, 0.3) is 0 Å². The zero-order valence-corrected chi connectivity index (χ0v) is 18.7. The Morgan fingerprint density at radius 2 is 1.72 bits per heavy atom. The fourth-order valence-corrected chi connectivity index (χ4v) is 5.30. The van der Waals surface area contributed by atoms with E-state index in [1.807, 2.05) is 30.3 Å². The van der Waals surface area contributed by atoms with Crippen molar-refractivity contribution in [1.29, 1.82) is 0 Å². The van der Waals surface area contributed by atoms with Crippen LogP contribution in [0.3, 0.4) is 0 Å². The highest BCUT2D eigenvalue weighted by atomic mass is 32.2. The van der Waals surface area contributed by atoms with Crippen molar-refractivity contribution in [3.63, 3.8) is 0 Å². The predicted octanol–water partition coefficient (Wildman–Crippen LogP) is 3.04. The van der Waals surface area contributed by atoms with Gasteiger partial charge in [0.1, 0.15) is 10.7 Å². The van der Waals surface area contributed by atoms with Gasteiger partial charge in [-0.3, -0.25) is 9.59 Å². The first-order valence-electron chi connectivity index (χ1n) is 10.6. The Hall–Kier alpha value is -2.78. The molecule has 9 heteroatoms. The zero-order chi connectivity index (χ0) is 23.1. The summed E-state index contributed by atoms with van der Waals surface area (Å²) in [5, 5.41) is 2.92. The van der Waals surface area contributed by atoms with Crippen molar-refractivity contribution in [2.75, 3.05) is 19.7 Å². The minimum atomic E-state index is -3.96. The van der Waals surface area contributed by atoms with Crippen LogP contribution in [0.15, 0.2) is 59.5 Å². The highest BCUT2D eigenvalue weighted by Crippen LogP contribution is 2.26. The lowest BCUT2D eigenvalue weighted by molar-refractivity contribution is -0.144. The molecule has 1 N–H and O–H groups in total. The van der Waals surface area contributed by atoms with Crippen molar-refractivity contribution >= 4 is 21.9 Å². The third-order valence-electron chi connectivity index (χ3n) is 5.47. The van der Waals surface area contributed by atoms with Crippen molar-refractivity contribution < 1.29 is 27.1 Å². The van der Waals surface area contributed by atoms with Gasteiger partial charge in [-0.1, -0.05) is 42.5 Å². The smallest absolute Gasteiger partial charge is 0.308 e. The lowest BCUT2D eigenvalue weighted by Gasteiger charge is -2.31. The van der Waals surface area contributed by atoms with E-state index in [4.69, 9.17) is 4.74 Å². The van der Waals surface area contributed by atoms with Gasteiger partial charge < -0.3 is 10.1 Å². The fraction of sp³-hybridized carbons (Fsp3) is 0.391. The van der Waals surface area contributed by atoms with E-state index in [0.717, 1.165) is 11.6 Å². The van der Waals surface area contributed by atoms with Crippen LogP contribution in [0.1, 0.15) is 37.8 Å². The summed E-state index contributed by atoms with van der Waals surface area (Å²) in [7, 11) is -3.96. The van der Waals surface area contributed by atoms with Crippen LogP contribution >= 0.6 is 0 Å². The Kier molecular flexibility index (Phi) is 7.98. The normalized spacial score (nSPS) is 16.3. The number of ether oxygens (including phenoxy) is 1. The second kappa shape index (κ2) is 10.7. The summed E-state index contributed by atoms with van der Waals surface area (Å²) in [5.41, 5.74) is 0.786. The van der Waals surface area contributed by atoms with Crippen LogP contribution in [-0.2, 0) is 24.3 Å². The molecule has 0 aliphatic carbocycles. The summed E-state index contributed by atoms with van der Waals surface area (Å²) in [4.78, 5) is 24.6. The average Bonchev–Trinajstić information content (AvgIpc) is 2.79. The van der Waals surface area contributed by atoms with Crippen molar-refractivity contribution in [3.05, 3.63) is 66.0 Å². The van der Waals surface area contributed by atoms with Crippen LogP contribution in [0, 0.1) is 11.7 Å². The first-order chi connectivity index (χ1) is 15.3. The number of nitrogens with zero attached hydrogens (tertiary/aromatic N) is 1. The van der Waals surface area contributed by atoms with Gasteiger partial charge >= 0.3 is 5.97 Å². The summed E-state index contributed by atoms with van der Waals surface area (Å²) in [6.07, 6.45) is 0.616. The Morgan fingerprint density at radius 3 is 2.34 bits per heavy atom. The Labute approximate surface area is 187 Å². The standard InChI is InChI=1S/C23H27FN2O5S/c1-2-31-22(27)16-20(17-8-4-3-5-9-17)25-23(28)18-12-14-26(15-13-18)32(29,30)21-11-7-6-10-19(21)24/h3-11,18,20H,2,12-16H2,1H3,(H,25,28). The molecule has 0 bridgehead atoms. The first kappa shape index (κ1) is 23.9. The molecule has 2 aromatic rings. The number of halogens is 1. The fourth-order valence-electron chi connectivity index (χ4n) is 3.77. The van der Waals surface area contributed by atoms with E-state index in [1.54, 1.807) is 6.92 Å². The number of amides is 1. The number of carbonyl (C=O) groups excluding carboxylic acids is 2. The van der Waals surface area contributed by atoms with Gasteiger partial charge in [0.25, 0.3) is 0 Å². The summed E-state index contributed by atoms with van der Waals surface area (Å²) >= 11 is 0. The zero-order valence-electron chi connectivity index (χ0n) is 17.9. The molecule has 1 heterocycles. The van der Waals surface area contributed by atoms with Gasteiger partial charge in [-0.05, 0) is 37.5 Å². The topological polar surface area (TPSA) is 92.8 Å². The number of benzene rings is 2. The van der Waals surface area contributed by atoms with Crippen molar-refractivity contribution in [2.45, 2.75) is 37.1 Å². The second-order valence-corrected chi connectivity index (χ2v) is 9.50. The highest BCUT2D eigenvalue weighted by molar-refractivity contribution is 7.89. The molecule has 7 nitrogen and oxygen atoms in total. The number of hydrogen-bond acceptors (Lipinski definition) is 5. The molecular formula is C23H27FN2O5S. The Bertz CT molecular complexity index is 1040. The third-order valence-corrected chi connectivity index (χ3v) is 7.41. The van der Waals surface area contributed by atoms with Gasteiger partial charge in [-0.15, -0.1) is 0 Å². The minimum absolute atomic E-state index is 0.00407. The average molecular weight is 463 g/mol. The highest BCUT2D eigenvalue weighted by Gasteiger charge is 2.34. The number of nitrogens with one attached hydrogen (secondary N) is 1. The first-order valence-corrected chi connectivity index (χ1v) is 12.0. The Morgan fingerprint density at radius 1 is 1.09 bits per heavy atom. The second-order valence-electron chi connectivity index (χ2n) is 7.59. The number of piperidine rings is 1. The molecule has 0 saturated carbocycles. The summed E-state index contributed by atoms with van der Waals surface area (Å²) in [6.45, 7) is 2.20. The van der Waals surface area contributed by atoms with Gasteiger partial charge in [-0.25, -0.2) is 12.8 Å².